The summed E-state index contributed by atoms with van der Waals surface area (Å²) in [4.78, 5) is 27.2. The molecule has 1 N–H and O–H groups in total. The van der Waals surface area contributed by atoms with Crippen molar-refractivity contribution in [2.45, 2.75) is 38.8 Å². The van der Waals surface area contributed by atoms with Gasteiger partial charge in [-0.3, -0.25) is 14.7 Å². The van der Waals surface area contributed by atoms with Gasteiger partial charge in [0, 0.05) is 38.7 Å². The normalized spacial score (nSPS) is 17.0. The van der Waals surface area contributed by atoms with E-state index in [0.29, 0.717) is 12.4 Å². The van der Waals surface area contributed by atoms with E-state index in [1.165, 1.54) is 0 Å². The number of benzene rings is 1. The second kappa shape index (κ2) is 8.14. The van der Waals surface area contributed by atoms with Crippen LogP contribution in [0.5, 0.6) is 11.5 Å². The van der Waals surface area contributed by atoms with Crippen LogP contribution in [0.1, 0.15) is 41.9 Å². The lowest BCUT2D eigenvalue weighted by atomic mass is 10.0. The van der Waals surface area contributed by atoms with E-state index in [-0.39, 0.29) is 5.56 Å². The zero-order chi connectivity index (χ0) is 19.5. The predicted octanol–water partition coefficient (Wildman–Crippen LogP) is 2.32. The summed E-state index contributed by atoms with van der Waals surface area (Å²) >= 11 is 0. The van der Waals surface area contributed by atoms with Gasteiger partial charge in [-0.2, -0.15) is 0 Å². The maximum Gasteiger partial charge on any atom is 0.255 e. The summed E-state index contributed by atoms with van der Waals surface area (Å²) in [7, 11) is 3.30. The topological polar surface area (TPSA) is 79.8 Å². The van der Waals surface area contributed by atoms with Crippen LogP contribution in [0.4, 0.5) is 0 Å². The lowest BCUT2D eigenvalue weighted by molar-refractivity contribution is 0.241. The van der Waals surface area contributed by atoms with Gasteiger partial charge in [0.05, 0.1) is 31.2 Å². The second-order valence-corrected chi connectivity index (χ2v) is 7.31. The standard InChI is InChI=1S/C21H26N4O3/c1-27-15-9-14(10-16(11-15)28-2)12-25-8-6-18-17(13-25)21(26)24-20(23-18)19-5-3-4-7-22-19/h9-11H,3-8,12-13H2,1-2H3,(H,23,24,26). The van der Waals surface area contributed by atoms with Crippen LogP contribution in [-0.4, -0.2) is 47.9 Å². The van der Waals surface area contributed by atoms with Crippen LogP contribution in [0.3, 0.4) is 0 Å². The van der Waals surface area contributed by atoms with Gasteiger partial charge >= 0.3 is 0 Å². The Morgan fingerprint density at radius 1 is 1.11 bits per heavy atom. The van der Waals surface area contributed by atoms with E-state index in [9.17, 15) is 4.79 Å². The van der Waals surface area contributed by atoms with Gasteiger partial charge in [0.15, 0.2) is 5.82 Å². The van der Waals surface area contributed by atoms with Crippen molar-refractivity contribution in [2.75, 3.05) is 27.3 Å². The van der Waals surface area contributed by atoms with Crippen molar-refractivity contribution < 1.29 is 9.47 Å². The van der Waals surface area contributed by atoms with Crippen molar-refractivity contribution in [3.8, 4) is 11.5 Å². The molecule has 0 fully saturated rings. The summed E-state index contributed by atoms with van der Waals surface area (Å²) in [6.07, 6.45) is 3.88. The fourth-order valence-electron chi connectivity index (χ4n) is 3.86. The van der Waals surface area contributed by atoms with E-state index in [4.69, 9.17) is 14.5 Å². The molecule has 0 unspecified atom stereocenters. The maximum atomic E-state index is 12.7. The first-order valence-corrected chi connectivity index (χ1v) is 9.76. The molecule has 148 valence electrons. The van der Waals surface area contributed by atoms with Gasteiger partial charge < -0.3 is 14.5 Å². The molecule has 7 heteroatoms. The Hall–Kier alpha value is -2.67. The molecule has 0 spiro atoms. The number of fused-ring (bicyclic) bond motifs is 1. The number of aromatic nitrogens is 2. The molecule has 0 amide bonds. The fourth-order valence-corrected chi connectivity index (χ4v) is 3.86. The SMILES string of the molecule is COc1cc(CN2CCc3nc(C4=NCCCC4)[nH]c(=O)c3C2)cc(OC)c1. The minimum atomic E-state index is -0.0406. The number of aliphatic imine (C=N–C) groups is 1. The molecule has 2 aromatic rings. The minimum Gasteiger partial charge on any atom is -0.497 e. The molecule has 0 saturated heterocycles. The number of ether oxygens (including phenoxy) is 2. The lowest BCUT2D eigenvalue weighted by Gasteiger charge is -2.28. The third kappa shape index (κ3) is 3.94. The van der Waals surface area contributed by atoms with E-state index >= 15 is 0 Å². The van der Waals surface area contributed by atoms with Gasteiger partial charge in [-0.25, -0.2) is 4.98 Å². The Kier molecular flexibility index (Phi) is 5.43. The Morgan fingerprint density at radius 3 is 2.57 bits per heavy atom. The molecule has 28 heavy (non-hydrogen) atoms. The Morgan fingerprint density at radius 2 is 1.89 bits per heavy atom. The highest BCUT2D eigenvalue weighted by Gasteiger charge is 2.23. The van der Waals surface area contributed by atoms with Crippen LogP contribution >= 0.6 is 0 Å². The Balaban J connectivity index is 1.54. The summed E-state index contributed by atoms with van der Waals surface area (Å²) in [6.45, 7) is 2.99. The quantitative estimate of drug-likeness (QED) is 0.858. The second-order valence-electron chi connectivity index (χ2n) is 7.31. The molecule has 7 nitrogen and oxygen atoms in total. The molecule has 0 atom stereocenters. The molecule has 3 heterocycles. The molecule has 0 bridgehead atoms. The minimum absolute atomic E-state index is 0.0406. The van der Waals surface area contributed by atoms with Gasteiger partial charge in [-0.1, -0.05) is 0 Å². The number of H-pyrrole nitrogens is 1. The zero-order valence-electron chi connectivity index (χ0n) is 16.5. The number of methoxy groups -OCH3 is 2. The molecule has 2 aliphatic heterocycles. The van der Waals surface area contributed by atoms with Crippen molar-refractivity contribution in [3.05, 3.63) is 51.2 Å². The molecule has 2 aliphatic rings. The predicted molar refractivity (Wildman–Crippen MR) is 107 cm³/mol. The summed E-state index contributed by atoms with van der Waals surface area (Å²) in [5.74, 6) is 2.20. The van der Waals surface area contributed by atoms with Gasteiger partial charge in [-0.05, 0) is 37.0 Å². The van der Waals surface area contributed by atoms with Crippen molar-refractivity contribution in [2.24, 2.45) is 4.99 Å². The van der Waals surface area contributed by atoms with Crippen molar-refractivity contribution >= 4 is 5.71 Å². The summed E-state index contributed by atoms with van der Waals surface area (Å²) < 4.78 is 10.7. The first-order chi connectivity index (χ1) is 13.7. The third-order valence-corrected chi connectivity index (χ3v) is 5.36. The van der Waals surface area contributed by atoms with E-state index in [1.54, 1.807) is 14.2 Å². The van der Waals surface area contributed by atoms with Crippen molar-refractivity contribution in [1.82, 2.24) is 14.9 Å². The average Bonchev–Trinajstić information content (AvgIpc) is 2.74. The number of hydrogen-bond donors (Lipinski definition) is 1. The summed E-state index contributed by atoms with van der Waals surface area (Å²) in [6, 6.07) is 5.87. The van der Waals surface area contributed by atoms with Gasteiger partial charge in [0.25, 0.3) is 5.56 Å². The van der Waals surface area contributed by atoms with Crippen LogP contribution in [0, 0.1) is 0 Å². The molecule has 1 aromatic carbocycles. The van der Waals surface area contributed by atoms with Gasteiger partial charge in [0.1, 0.15) is 11.5 Å². The fraction of sp³-hybridized carbons (Fsp3) is 0.476. The van der Waals surface area contributed by atoms with Crippen LogP contribution in [0.15, 0.2) is 28.0 Å². The van der Waals surface area contributed by atoms with Gasteiger partial charge in [0.2, 0.25) is 0 Å². The highest BCUT2D eigenvalue weighted by Crippen LogP contribution is 2.25. The number of nitrogens with one attached hydrogen (secondary N) is 1. The van der Waals surface area contributed by atoms with Crippen molar-refractivity contribution in [1.29, 1.82) is 0 Å². The first-order valence-electron chi connectivity index (χ1n) is 9.76. The van der Waals surface area contributed by atoms with Gasteiger partial charge in [-0.15, -0.1) is 0 Å². The molecule has 1 aromatic heterocycles. The lowest BCUT2D eigenvalue weighted by Crippen LogP contribution is -2.36. The Bertz CT molecular complexity index is 929. The third-order valence-electron chi connectivity index (χ3n) is 5.36. The largest absolute Gasteiger partial charge is 0.497 e. The zero-order valence-corrected chi connectivity index (χ0v) is 16.5. The van der Waals surface area contributed by atoms with E-state index in [0.717, 1.165) is 79.3 Å². The maximum absolute atomic E-state index is 12.7. The Labute approximate surface area is 164 Å². The molecule has 4 rings (SSSR count). The van der Waals surface area contributed by atoms with E-state index in [2.05, 4.69) is 14.9 Å². The number of rotatable bonds is 5. The highest BCUT2D eigenvalue weighted by atomic mass is 16.5. The molecule has 0 aliphatic carbocycles. The van der Waals surface area contributed by atoms with E-state index in [1.807, 2.05) is 18.2 Å². The molecule has 0 saturated carbocycles. The summed E-state index contributed by atoms with van der Waals surface area (Å²) in [5.41, 5.74) is 3.67. The van der Waals surface area contributed by atoms with E-state index < -0.39 is 0 Å². The summed E-state index contributed by atoms with van der Waals surface area (Å²) in [5, 5.41) is 0. The highest BCUT2D eigenvalue weighted by molar-refractivity contribution is 5.97. The number of hydrogen-bond acceptors (Lipinski definition) is 6. The molecular weight excluding hydrogens is 356 g/mol. The number of nitrogens with zero attached hydrogens (tertiary/aromatic N) is 3. The van der Waals surface area contributed by atoms with Crippen molar-refractivity contribution in [3.63, 3.8) is 0 Å². The smallest absolute Gasteiger partial charge is 0.255 e. The van der Waals surface area contributed by atoms with Crippen LogP contribution in [0.2, 0.25) is 0 Å². The van der Waals surface area contributed by atoms with Crippen LogP contribution < -0.4 is 15.0 Å². The van der Waals surface area contributed by atoms with Crippen LogP contribution in [-0.2, 0) is 19.5 Å². The average molecular weight is 382 g/mol. The molecular formula is C21H26N4O3. The number of aromatic amines is 1. The first kappa shape index (κ1) is 18.7. The monoisotopic (exact) mass is 382 g/mol. The molecule has 0 radical (unpaired) electrons. The van der Waals surface area contributed by atoms with Crippen LogP contribution in [0.25, 0.3) is 0 Å².